The van der Waals surface area contributed by atoms with Crippen LogP contribution in [0.3, 0.4) is 0 Å². The molecule has 1 aromatic rings. The Labute approximate surface area is 149 Å². The number of hydrogen-bond donors (Lipinski definition) is 2. The molecule has 1 aromatic carbocycles. The molecule has 0 aliphatic rings. The molecule has 0 aliphatic carbocycles. The Morgan fingerprint density at radius 2 is 1.74 bits per heavy atom. The van der Waals surface area contributed by atoms with E-state index in [4.69, 9.17) is 33.0 Å². The van der Waals surface area contributed by atoms with Crippen molar-refractivity contribution in [2.45, 2.75) is 44.3 Å². The van der Waals surface area contributed by atoms with Crippen LogP contribution in [0.4, 0.5) is 5.69 Å². The van der Waals surface area contributed by atoms with E-state index in [1.165, 1.54) is 13.0 Å². The fraction of sp³-hybridized carbons (Fsp3) is 0.467. The molecule has 0 saturated heterocycles. The van der Waals surface area contributed by atoms with Crippen LogP contribution in [0.1, 0.15) is 27.7 Å². The van der Waals surface area contributed by atoms with E-state index in [9.17, 15) is 9.59 Å². The van der Waals surface area contributed by atoms with Crippen LogP contribution in [-0.4, -0.2) is 33.6 Å². The number of rotatable bonds is 7. The minimum atomic E-state index is -0.966. The third kappa shape index (κ3) is 6.12. The van der Waals surface area contributed by atoms with Gasteiger partial charge in [0.1, 0.15) is 11.0 Å². The van der Waals surface area contributed by atoms with Crippen molar-refractivity contribution in [3.8, 4) is 5.75 Å². The van der Waals surface area contributed by atoms with Crippen molar-refractivity contribution in [2.75, 3.05) is 5.32 Å². The summed E-state index contributed by atoms with van der Waals surface area (Å²) >= 11 is 13.2. The van der Waals surface area contributed by atoms with Crippen molar-refractivity contribution in [1.29, 1.82) is 0 Å². The topological polar surface area (TPSA) is 75.6 Å². The number of carbonyl (C=O) groups is 2. The summed E-state index contributed by atoms with van der Waals surface area (Å²) in [6.07, 6.45) is -0.0804. The first-order valence-electron chi connectivity index (χ1n) is 6.96. The van der Waals surface area contributed by atoms with Gasteiger partial charge in [0, 0.05) is 6.07 Å². The Bertz CT molecular complexity index is 595. The molecule has 2 atom stereocenters. The normalized spacial score (nSPS) is 13.5. The molecule has 0 bridgehead atoms. The summed E-state index contributed by atoms with van der Waals surface area (Å²) in [5.41, 5.74) is 0.368. The Hall–Kier alpha value is -1.11. The summed E-state index contributed by atoms with van der Waals surface area (Å²) in [5, 5.41) is 11.0. The molecule has 128 valence electrons. The molecule has 2 unspecified atom stereocenters. The average molecular weight is 380 g/mol. The van der Waals surface area contributed by atoms with Crippen molar-refractivity contribution < 1.29 is 19.4 Å². The van der Waals surface area contributed by atoms with Crippen LogP contribution in [0.15, 0.2) is 12.1 Å². The molecule has 0 spiro atoms. The molecule has 0 aromatic heterocycles. The SMILES string of the molecule is CC(C)Oc1cc(NC(=O)C(C)SC(C)C(=O)O)c(Cl)cc1Cl. The fourth-order valence-electron chi connectivity index (χ4n) is 1.63. The number of thioether (sulfide) groups is 1. The lowest BCUT2D eigenvalue weighted by molar-refractivity contribution is -0.136. The van der Waals surface area contributed by atoms with E-state index in [0.29, 0.717) is 16.5 Å². The van der Waals surface area contributed by atoms with Gasteiger partial charge in [-0.15, -0.1) is 11.8 Å². The lowest BCUT2D eigenvalue weighted by Crippen LogP contribution is -2.26. The highest BCUT2D eigenvalue weighted by Crippen LogP contribution is 2.35. The number of carboxylic acid groups (broad SMARTS) is 1. The van der Waals surface area contributed by atoms with E-state index in [0.717, 1.165) is 11.8 Å². The second-order valence-electron chi connectivity index (χ2n) is 5.18. The van der Waals surface area contributed by atoms with Crippen molar-refractivity contribution in [1.82, 2.24) is 0 Å². The van der Waals surface area contributed by atoms with Gasteiger partial charge in [0.15, 0.2) is 0 Å². The van der Waals surface area contributed by atoms with Crippen molar-refractivity contribution >= 4 is 52.5 Å². The number of hydrogen-bond acceptors (Lipinski definition) is 4. The zero-order valence-corrected chi connectivity index (χ0v) is 15.6. The third-order valence-electron chi connectivity index (χ3n) is 2.77. The standard InChI is InChI=1S/C15H19Cl2NO4S/c1-7(2)22-13-6-12(10(16)5-11(13)17)18-14(19)8(3)23-9(4)15(20)21/h5-9H,1-4H3,(H,18,19)(H,20,21). The maximum Gasteiger partial charge on any atom is 0.316 e. The summed E-state index contributed by atoms with van der Waals surface area (Å²) in [7, 11) is 0. The van der Waals surface area contributed by atoms with Crippen LogP contribution in [-0.2, 0) is 9.59 Å². The molecule has 5 nitrogen and oxygen atoms in total. The largest absolute Gasteiger partial charge is 0.489 e. The van der Waals surface area contributed by atoms with Gasteiger partial charge in [-0.05, 0) is 33.8 Å². The summed E-state index contributed by atoms with van der Waals surface area (Å²) in [4.78, 5) is 23.0. The third-order valence-corrected chi connectivity index (χ3v) is 4.61. The van der Waals surface area contributed by atoms with E-state index < -0.39 is 16.5 Å². The van der Waals surface area contributed by atoms with Crippen molar-refractivity contribution in [3.63, 3.8) is 0 Å². The van der Waals surface area contributed by atoms with Gasteiger partial charge in [0.2, 0.25) is 5.91 Å². The maximum atomic E-state index is 12.2. The number of nitrogens with one attached hydrogen (secondary N) is 1. The molecule has 0 saturated carbocycles. The molecule has 1 rings (SSSR count). The fourth-order valence-corrected chi connectivity index (χ4v) is 3.02. The van der Waals surface area contributed by atoms with E-state index in [2.05, 4.69) is 5.32 Å². The highest BCUT2D eigenvalue weighted by atomic mass is 35.5. The number of carbonyl (C=O) groups excluding carboxylic acids is 1. The summed E-state index contributed by atoms with van der Waals surface area (Å²) in [5.74, 6) is -0.893. The van der Waals surface area contributed by atoms with Gasteiger partial charge >= 0.3 is 5.97 Å². The highest BCUT2D eigenvalue weighted by Gasteiger charge is 2.22. The van der Waals surface area contributed by atoms with E-state index in [-0.39, 0.29) is 17.0 Å². The van der Waals surface area contributed by atoms with Gasteiger partial charge in [-0.3, -0.25) is 9.59 Å². The molecule has 8 heteroatoms. The first kappa shape index (κ1) is 19.9. The highest BCUT2D eigenvalue weighted by molar-refractivity contribution is 8.01. The minimum absolute atomic E-state index is 0.0804. The number of anilines is 1. The van der Waals surface area contributed by atoms with Gasteiger partial charge < -0.3 is 15.2 Å². The summed E-state index contributed by atoms with van der Waals surface area (Å²) < 4.78 is 5.55. The van der Waals surface area contributed by atoms with Crippen LogP contribution in [0.2, 0.25) is 10.0 Å². The zero-order valence-electron chi connectivity index (χ0n) is 13.2. The number of carboxylic acids is 1. The molecular formula is C15H19Cl2NO4S. The lowest BCUT2D eigenvalue weighted by Gasteiger charge is -2.17. The Balaban J connectivity index is 2.87. The van der Waals surface area contributed by atoms with Crippen LogP contribution in [0, 0.1) is 0 Å². The number of aliphatic carboxylic acids is 1. The minimum Gasteiger partial charge on any atom is -0.489 e. The molecular weight excluding hydrogens is 361 g/mol. The molecule has 0 heterocycles. The first-order chi connectivity index (χ1) is 10.6. The molecule has 2 N–H and O–H groups in total. The molecule has 1 amide bonds. The quantitative estimate of drug-likeness (QED) is 0.737. The first-order valence-corrected chi connectivity index (χ1v) is 8.66. The number of ether oxygens (including phenoxy) is 1. The molecule has 0 radical (unpaired) electrons. The monoisotopic (exact) mass is 379 g/mol. The van der Waals surface area contributed by atoms with Gasteiger partial charge in [0.05, 0.1) is 27.1 Å². The Morgan fingerprint density at radius 3 is 2.26 bits per heavy atom. The number of amides is 1. The lowest BCUT2D eigenvalue weighted by atomic mass is 10.2. The molecule has 0 fully saturated rings. The summed E-state index contributed by atoms with van der Waals surface area (Å²) in [6.45, 7) is 6.87. The second-order valence-corrected chi connectivity index (χ2v) is 7.68. The predicted molar refractivity (Wildman–Crippen MR) is 95.0 cm³/mol. The van der Waals surface area contributed by atoms with Crippen LogP contribution >= 0.6 is 35.0 Å². The van der Waals surface area contributed by atoms with E-state index >= 15 is 0 Å². The van der Waals surface area contributed by atoms with Crippen LogP contribution < -0.4 is 10.1 Å². The van der Waals surface area contributed by atoms with Gasteiger partial charge in [-0.1, -0.05) is 23.2 Å². The number of halogens is 2. The summed E-state index contributed by atoms with van der Waals surface area (Å²) in [6, 6.07) is 3.05. The van der Waals surface area contributed by atoms with Crippen LogP contribution in [0.25, 0.3) is 0 Å². The predicted octanol–water partition coefficient (Wildman–Crippen LogP) is 4.31. The van der Waals surface area contributed by atoms with E-state index in [1.54, 1.807) is 13.0 Å². The smallest absolute Gasteiger partial charge is 0.316 e. The molecule has 0 aliphatic heterocycles. The zero-order chi connectivity index (χ0) is 17.7. The van der Waals surface area contributed by atoms with Crippen molar-refractivity contribution in [3.05, 3.63) is 22.2 Å². The van der Waals surface area contributed by atoms with Gasteiger partial charge in [-0.25, -0.2) is 0 Å². The second kappa shape index (κ2) is 8.66. The Morgan fingerprint density at radius 1 is 1.13 bits per heavy atom. The van der Waals surface area contributed by atoms with Gasteiger partial charge in [-0.2, -0.15) is 0 Å². The van der Waals surface area contributed by atoms with E-state index in [1.807, 2.05) is 13.8 Å². The maximum absolute atomic E-state index is 12.2. The van der Waals surface area contributed by atoms with Crippen molar-refractivity contribution in [2.24, 2.45) is 0 Å². The van der Waals surface area contributed by atoms with Crippen LogP contribution in [0.5, 0.6) is 5.75 Å². The van der Waals surface area contributed by atoms with Gasteiger partial charge in [0.25, 0.3) is 0 Å². The average Bonchev–Trinajstić information content (AvgIpc) is 2.43. The molecule has 23 heavy (non-hydrogen) atoms. The number of benzene rings is 1. The Kier molecular flexibility index (Phi) is 7.51.